The van der Waals surface area contributed by atoms with E-state index in [-0.39, 0.29) is 18.0 Å². The highest BCUT2D eigenvalue weighted by atomic mass is 16.6. The van der Waals surface area contributed by atoms with E-state index in [4.69, 9.17) is 4.74 Å². The summed E-state index contributed by atoms with van der Waals surface area (Å²) in [5.74, 6) is -0.117. The third-order valence-corrected chi connectivity index (χ3v) is 5.57. The minimum absolute atomic E-state index is 0.0777. The highest BCUT2D eigenvalue weighted by Gasteiger charge is 2.47. The molecule has 0 radical (unpaired) electrons. The summed E-state index contributed by atoms with van der Waals surface area (Å²) in [5, 5.41) is 11.0. The highest BCUT2D eigenvalue weighted by molar-refractivity contribution is 5.75. The van der Waals surface area contributed by atoms with Crippen LogP contribution < -0.4 is 0 Å². The second-order valence-electron chi connectivity index (χ2n) is 8.65. The smallest absolute Gasteiger partial charge is 0.410 e. The summed E-state index contributed by atoms with van der Waals surface area (Å²) in [7, 11) is 0. The number of carbonyl (C=O) groups excluding carboxylic acids is 2. The minimum Gasteiger partial charge on any atom is -0.444 e. The average molecular weight is 353 g/mol. The van der Waals surface area contributed by atoms with Crippen LogP contribution in [0, 0.1) is 5.92 Å². The van der Waals surface area contributed by atoms with Gasteiger partial charge in [-0.1, -0.05) is 0 Å². The first-order valence-electron chi connectivity index (χ1n) is 9.42. The molecule has 3 amide bonds. The van der Waals surface area contributed by atoms with Crippen LogP contribution in [0.25, 0.3) is 0 Å². The zero-order chi connectivity index (χ0) is 18.2. The maximum absolute atomic E-state index is 12.6. The molecule has 1 N–H and O–H groups in total. The third-order valence-electron chi connectivity index (χ3n) is 5.57. The lowest BCUT2D eigenvalue weighted by Crippen LogP contribution is -2.62. The van der Waals surface area contributed by atoms with Crippen molar-refractivity contribution in [3.8, 4) is 0 Å². The van der Waals surface area contributed by atoms with E-state index in [1.807, 2.05) is 30.6 Å². The van der Waals surface area contributed by atoms with Gasteiger partial charge in [-0.3, -0.25) is 0 Å². The Morgan fingerprint density at radius 3 is 2.12 bits per heavy atom. The monoisotopic (exact) mass is 353 g/mol. The topological polar surface area (TPSA) is 73.3 Å². The zero-order valence-corrected chi connectivity index (χ0v) is 15.7. The van der Waals surface area contributed by atoms with Gasteiger partial charge in [-0.2, -0.15) is 0 Å². The summed E-state index contributed by atoms with van der Waals surface area (Å²) in [6, 6.07) is 0.0777. The molecule has 0 bridgehead atoms. The molecule has 7 nitrogen and oxygen atoms in total. The van der Waals surface area contributed by atoms with Gasteiger partial charge in [0.1, 0.15) is 5.60 Å². The van der Waals surface area contributed by atoms with Crippen molar-refractivity contribution in [2.45, 2.75) is 57.7 Å². The van der Waals surface area contributed by atoms with Gasteiger partial charge in [0, 0.05) is 45.2 Å². The lowest BCUT2D eigenvalue weighted by atomic mass is 9.76. The van der Waals surface area contributed by atoms with Crippen LogP contribution in [0.15, 0.2) is 0 Å². The first-order chi connectivity index (χ1) is 11.7. The van der Waals surface area contributed by atoms with E-state index >= 15 is 0 Å². The molecular formula is C18H31N3O4. The summed E-state index contributed by atoms with van der Waals surface area (Å²) >= 11 is 0. The molecule has 2 atom stereocenters. The molecule has 3 aliphatic rings. The molecule has 0 aromatic rings. The first kappa shape index (κ1) is 18.3. The summed E-state index contributed by atoms with van der Waals surface area (Å²) in [5.41, 5.74) is -1.31. The Morgan fingerprint density at radius 2 is 1.52 bits per heavy atom. The Morgan fingerprint density at radius 1 is 0.960 bits per heavy atom. The standard InChI is InChI=1S/C18H31N3O4/c1-17(2,3)25-16(23)21-11-7-18(24)6-10-20(12-14(18)13-21)15(22)19-8-4-5-9-19/h14,24H,4-13H2,1-3H3/t14-,18-/m1/s1. The van der Waals surface area contributed by atoms with Gasteiger partial charge in [0.25, 0.3) is 0 Å². The molecule has 25 heavy (non-hydrogen) atoms. The fourth-order valence-corrected chi connectivity index (χ4v) is 4.08. The fourth-order valence-electron chi connectivity index (χ4n) is 4.08. The number of urea groups is 1. The van der Waals surface area contributed by atoms with E-state index in [1.54, 1.807) is 4.90 Å². The summed E-state index contributed by atoms with van der Waals surface area (Å²) in [6.07, 6.45) is 2.93. The van der Waals surface area contributed by atoms with E-state index in [1.165, 1.54) is 0 Å². The number of nitrogens with zero attached hydrogens (tertiary/aromatic N) is 3. The normalized spacial score (nSPS) is 30.2. The van der Waals surface area contributed by atoms with E-state index < -0.39 is 11.2 Å². The molecule has 3 aliphatic heterocycles. The van der Waals surface area contributed by atoms with E-state index in [0.717, 1.165) is 25.9 Å². The number of piperidine rings is 2. The first-order valence-corrected chi connectivity index (χ1v) is 9.42. The number of amides is 3. The van der Waals surface area contributed by atoms with Crippen molar-refractivity contribution in [1.82, 2.24) is 14.7 Å². The molecule has 0 aliphatic carbocycles. The number of carbonyl (C=O) groups is 2. The van der Waals surface area contributed by atoms with Crippen LogP contribution in [0.3, 0.4) is 0 Å². The molecule has 7 heteroatoms. The highest BCUT2D eigenvalue weighted by Crippen LogP contribution is 2.36. The summed E-state index contributed by atoms with van der Waals surface area (Å²) < 4.78 is 5.46. The van der Waals surface area contributed by atoms with Crippen LogP contribution in [0.1, 0.15) is 46.5 Å². The van der Waals surface area contributed by atoms with Gasteiger partial charge in [0.2, 0.25) is 0 Å². The Kier molecular flexibility index (Phi) is 4.88. The molecule has 0 aromatic heterocycles. The fraction of sp³-hybridized carbons (Fsp3) is 0.889. The van der Waals surface area contributed by atoms with Gasteiger partial charge in [0.05, 0.1) is 5.60 Å². The van der Waals surface area contributed by atoms with Crippen molar-refractivity contribution in [1.29, 1.82) is 0 Å². The van der Waals surface area contributed by atoms with Crippen LogP contribution >= 0.6 is 0 Å². The van der Waals surface area contributed by atoms with Crippen molar-refractivity contribution in [3.05, 3.63) is 0 Å². The lowest BCUT2D eigenvalue weighted by molar-refractivity contribution is -0.106. The van der Waals surface area contributed by atoms with Gasteiger partial charge < -0.3 is 24.5 Å². The number of hydrogen-bond donors (Lipinski definition) is 1. The zero-order valence-electron chi connectivity index (χ0n) is 15.7. The van der Waals surface area contributed by atoms with Gasteiger partial charge in [-0.15, -0.1) is 0 Å². The Labute approximate surface area is 149 Å². The predicted molar refractivity (Wildman–Crippen MR) is 93.3 cm³/mol. The number of likely N-dealkylation sites (tertiary alicyclic amines) is 3. The Balaban J connectivity index is 1.63. The average Bonchev–Trinajstić information content (AvgIpc) is 3.05. The van der Waals surface area contributed by atoms with Crippen molar-refractivity contribution in [2.75, 3.05) is 39.3 Å². The minimum atomic E-state index is -0.777. The number of aliphatic hydroxyl groups is 1. The van der Waals surface area contributed by atoms with Gasteiger partial charge >= 0.3 is 12.1 Å². The molecule has 3 rings (SSSR count). The molecule has 3 heterocycles. The largest absolute Gasteiger partial charge is 0.444 e. The SMILES string of the molecule is CC(C)(C)OC(=O)N1CC[C@]2(O)CCN(C(=O)N3CCCC3)C[C@@H]2C1. The van der Waals surface area contributed by atoms with Crippen LogP contribution in [-0.4, -0.2) is 82.4 Å². The van der Waals surface area contributed by atoms with Crippen molar-refractivity contribution in [2.24, 2.45) is 5.92 Å². The van der Waals surface area contributed by atoms with E-state index in [2.05, 4.69) is 0 Å². The number of ether oxygens (including phenoxy) is 1. The van der Waals surface area contributed by atoms with Crippen LogP contribution in [0.5, 0.6) is 0 Å². The maximum atomic E-state index is 12.6. The second-order valence-corrected chi connectivity index (χ2v) is 8.65. The molecular weight excluding hydrogens is 322 g/mol. The molecule has 0 saturated carbocycles. The van der Waals surface area contributed by atoms with E-state index in [0.29, 0.717) is 39.0 Å². The molecule has 0 unspecified atom stereocenters. The Hall–Kier alpha value is -1.50. The van der Waals surface area contributed by atoms with Crippen molar-refractivity contribution in [3.63, 3.8) is 0 Å². The number of hydrogen-bond acceptors (Lipinski definition) is 4. The second kappa shape index (κ2) is 6.67. The predicted octanol–water partition coefficient (Wildman–Crippen LogP) is 1.90. The Bertz CT molecular complexity index is 527. The molecule has 142 valence electrons. The lowest BCUT2D eigenvalue weighted by Gasteiger charge is -2.50. The number of rotatable bonds is 0. The third kappa shape index (κ3) is 4.02. The molecule has 0 aromatic carbocycles. The van der Waals surface area contributed by atoms with Gasteiger partial charge in [-0.25, -0.2) is 9.59 Å². The van der Waals surface area contributed by atoms with Gasteiger partial charge in [-0.05, 0) is 46.5 Å². The molecule has 3 fully saturated rings. The van der Waals surface area contributed by atoms with Crippen molar-refractivity contribution >= 4 is 12.1 Å². The summed E-state index contributed by atoms with van der Waals surface area (Å²) in [4.78, 5) is 30.4. The molecule has 0 spiro atoms. The van der Waals surface area contributed by atoms with Gasteiger partial charge in [0.15, 0.2) is 0 Å². The molecule has 3 saturated heterocycles. The number of fused-ring (bicyclic) bond motifs is 1. The van der Waals surface area contributed by atoms with Crippen LogP contribution in [0.4, 0.5) is 9.59 Å². The van der Waals surface area contributed by atoms with E-state index in [9.17, 15) is 14.7 Å². The maximum Gasteiger partial charge on any atom is 0.410 e. The summed E-state index contributed by atoms with van der Waals surface area (Å²) in [6.45, 7) is 9.24. The van der Waals surface area contributed by atoms with Crippen LogP contribution in [-0.2, 0) is 4.74 Å². The van der Waals surface area contributed by atoms with Crippen LogP contribution in [0.2, 0.25) is 0 Å². The quantitative estimate of drug-likeness (QED) is 0.722. The van der Waals surface area contributed by atoms with Crippen molar-refractivity contribution < 1.29 is 19.4 Å².